The van der Waals surface area contributed by atoms with Crippen molar-refractivity contribution in [2.24, 2.45) is 0 Å². The monoisotopic (exact) mass is 776 g/mol. The highest BCUT2D eigenvalue weighted by atomic mass is 15.0. The van der Waals surface area contributed by atoms with Crippen molar-refractivity contribution in [3.05, 3.63) is 218 Å². The summed E-state index contributed by atoms with van der Waals surface area (Å²) in [5.74, 6) is 1.88. The molecule has 4 nitrogen and oxygen atoms in total. The van der Waals surface area contributed by atoms with Gasteiger partial charge < -0.3 is 4.57 Å². The fourth-order valence-electron chi connectivity index (χ4n) is 9.07. The van der Waals surface area contributed by atoms with Crippen LogP contribution in [-0.2, 0) is 0 Å². The molecule has 10 aromatic carbocycles. The van der Waals surface area contributed by atoms with Gasteiger partial charge in [-0.25, -0.2) is 15.0 Å². The molecule has 0 unspecified atom stereocenters. The quantitative estimate of drug-likeness (QED) is 0.158. The van der Waals surface area contributed by atoms with E-state index in [1.165, 1.54) is 54.4 Å². The summed E-state index contributed by atoms with van der Waals surface area (Å²) in [5.41, 5.74) is 10.8. The van der Waals surface area contributed by atoms with Gasteiger partial charge in [0.05, 0.1) is 11.0 Å². The van der Waals surface area contributed by atoms with Crippen LogP contribution >= 0.6 is 0 Å². The average Bonchev–Trinajstić information content (AvgIpc) is 3.67. The second-order valence-corrected chi connectivity index (χ2v) is 15.6. The highest BCUT2D eigenvalue weighted by Gasteiger charge is 2.19. The predicted octanol–water partition coefficient (Wildman–Crippen LogP) is 14.8. The first-order valence-electron chi connectivity index (χ1n) is 20.7. The zero-order valence-electron chi connectivity index (χ0n) is 33.1. The maximum Gasteiger partial charge on any atom is 0.164 e. The van der Waals surface area contributed by atoms with Gasteiger partial charge in [-0.15, -0.1) is 0 Å². The van der Waals surface area contributed by atoms with Crippen molar-refractivity contribution in [1.29, 1.82) is 0 Å². The molecule has 0 saturated carbocycles. The van der Waals surface area contributed by atoms with E-state index in [0.29, 0.717) is 17.5 Å². The molecular formula is C57H36N4. The van der Waals surface area contributed by atoms with Crippen LogP contribution in [0.2, 0.25) is 0 Å². The van der Waals surface area contributed by atoms with Crippen molar-refractivity contribution in [3.8, 4) is 62.1 Å². The molecule has 4 heteroatoms. The summed E-state index contributed by atoms with van der Waals surface area (Å²) < 4.78 is 2.42. The molecule has 2 aromatic heterocycles. The molecule has 12 aromatic rings. The Morgan fingerprint density at radius 2 is 0.574 bits per heavy atom. The third-order valence-electron chi connectivity index (χ3n) is 12.0. The van der Waals surface area contributed by atoms with Gasteiger partial charge in [0.2, 0.25) is 0 Å². The van der Waals surface area contributed by atoms with Crippen LogP contribution in [0.15, 0.2) is 218 Å². The number of hydrogen-bond acceptors (Lipinski definition) is 3. The lowest BCUT2D eigenvalue weighted by Crippen LogP contribution is -2.00. The summed E-state index contributed by atoms with van der Waals surface area (Å²) >= 11 is 0. The number of hydrogen-bond donors (Lipinski definition) is 0. The predicted molar refractivity (Wildman–Crippen MR) is 254 cm³/mol. The molecule has 61 heavy (non-hydrogen) atoms. The number of benzene rings is 10. The number of aromatic nitrogens is 4. The Labute approximate surface area is 352 Å². The summed E-state index contributed by atoms with van der Waals surface area (Å²) in [6, 6.07) is 77.7. The minimum atomic E-state index is 0.621. The van der Waals surface area contributed by atoms with Crippen molar-refractivity contribution in [3.63, 3.8) is 0 Å². The van der Waals surface area contributed by atoms with Gasteiger partial charge in [0.1, 0.15) is 0 Å². The molecule has 0 atom stereocenters. The van der Waals surface area contributed by atoms with Gasteiger partial charge in [-0.2, -0.15) is 0 Å². The molecule has 0 N–H and O–H groups in total. The van der Waals surface area contributed by atoms with Crippen LogP contribution in [0.1, 0.15) is 0 Å². The Morgan fingerprint density at radius 1 is 0.230 bits per heavy atom. The second kappa shape index (κ2) is 14.3. The van der Waals surface area contributed by atoms with E-state index in [9.17, 15) is 0 Å². The minimum absolute atomic E-state index is 0.621. The maximum atomic E-state index is 5.19. The topological polar surface area (TPSA) is 43.6 Å². The average molecular weight is 777 g/mol. The van der Waals surface area contributed by atoms with Crippen molar-refractivity contribution in [2.75, 3.05) is 0 Å². The van der Waals surface area contributed by atoms with Gasteiger partial charge in [0.15, 0.2) is 17.5 Å². The van der Waals surface area contributed by atoms with Gasteiger partial charge in [-0.1, -0.05) is 194 Å². The molecule has 0 aliphatic heterocycles. The number of nitrogens with zero attached hydrogens (tertiary/aromatic N) is 4. The molecule has 0 bridgehead atoms. The second-order valence-electron chi connectivity index (χ2n) is 15.6. The van der Waals surface area contributed by atoms with E-state index in [-0.39, 0.29) is 0 Å². The number of fused-ring (bicyclic) bond motifs is 9. The Bertz CT molecular complexity index is 3580. The van der Waals surface area contributed by atoms with Gasteiger partial charge in [-0.05, 0) is 78.8 Å². The summed E-state index contributed by atoms with van der Waals surface area (Å²) in [7, 11) is 0. The first-order valence-corrected chi connectivity index (χ1v) is 20.7. The summed E-state index contributed by atoms with van der Waals surface area (Å²) in [4.78, 5) is 15.4. The number of rotatable bonds is 6. The first-order chi connectivity index (χ1) is 30.2. The van der Waals surface area contributed by atoms with Crippen LogP contribution < -0.4 is 0 Å². The van der Waals surface area contributed by atoms with Crippen LogP contribution in [0.3, 0.4) is 0 Å². The zero-order chi connectivity index (χ0) is 40.3. The van der Waals surface area contributed by atoms with Crippen LogP contribution in [0.4, 0.5) is 0 Å². The normalized spacial score (nSPS) is 11.6. The molecule has 0 aliphatic carbocycles. The van der Waals surface area contributed by atoms with Gasteiger partial charge >= 0.3 is 0 Å². The van der Waals surface area contributed by atoms with Crippen molar-refractivity contribution in [2.45, 2.75) is 0 Å². The lowest BCUT2D eigenvalue weighted by molar-refractivity contribution is 1.07. The Morgan fingerprint density at radius 3 is 1.13 bits per heavy atom. The molecule has 0 fully saturated rings. The van der Waals surface area contributed by atoms with E-state index < -0.39 is 0 Å². The maximum absolute atomic E-state index is 5.19. The Hall–Kier alpha value is -8.21. The van der Waals surface area contributed by atoms with E-state index in [2.05, 4.69) is 199 Å². The molecule has 0 spiro atoms. The molecule has 284 valence electrons. The van der Waals surface area contributed by atoms with Crippen LogP contribution in [0.25, 0.3) is 116 Å². The van der Waals surface area contributed by atoms with Crippen LogP contribution in [-0.4, -0.2) is 19.5 Å². The van der Waals surface area contributed by atoms with E-state index in [1.807, 2.05) is 24.3 Å². The van der Waals surface area contributed by atoms with Crippen LogP contribution in [0.5, 0.6) is 0 Å². The van der Waals surface area contributed by atoms with Gasteiger partial charge in [0, 0.05) is 33.2 Å². The highest BCUT2D eigenvalue weighted by Crippen LogP contribution is 2.40. The fourth-order valence-corrected chi connectivity index (χ4v) is 9.07. The third-order valence-corrected chi connectivity index (χ3v) is 12.0. The fraction of sp³-hybridized carbons (Fsp3) is 0. The highest BCUT2D eigenvalue weighted by molar-refractivity contribution is 6.25. The Kier molecular flexibility index (Phi) is 8.13. The molecule has 2 heterocycles. The van der Waals surface area contributed by atoms with Crippen molar-refractivity contribution < 1.29 is 0 Å². The third kappa shape index (κ3) is 5.96. The summed E-state index contributed by atoms with van der Waals surface area (Å²) in [6.45, 7) is 0. The van der Waals surface area contributed by atoms with Gasteiger partial charge in [-0.3, -0.25) is 0 Å². The zero-order valence-corrected chi connectivity index (χ0v) is 33.1. The van der Waals surface area contributed by atoms with E-state index in [1.54, 1.807) is 0 Å². The van der Waals surface area contributed by atoms with E-state index >= 15 is 0 Å². The lowest BCUT2D eigenvalue weighted by atomic mass is 9.94. The molecule has 0 saturated heterocycles. The van der Waals surface area contributed by atoms with Crippen molar-refractivity contribution in [1.82, 2.24) is 19.5 Å². The molecule has 0 amide bonds. The van der Waals surface area contributed by atoms with Gasteiger partial charge in [0.25, 0.3) is 0 Å². The SMILES string of the molecule is c1ccc(-c2ccc(-c3nc(-c4ccccc4)nc(-c4ccc5c6ccc(-c7ccccc7)cc6n(-c6ccc7c8ccccc8c8ccccc8c7c6)c5c4)n3)cc2)cc1. The molecule has 0 aliphatic rings. The lowest BCUT2D eigenvalue weighted by Gasteiger charge is -2.14. The van der Waals surface area contributed by atoms with E-state index in [4.69, 9.17) is 15.0 Å². The smallest absolute Gasteiger partial charge is 0.164 e. The van der Waals surface area contributed by atoms with E-state index in [0.717, 1.165) is 44.4 Å². The molecule has 12 rings (SSSR count). The molecule has 0 radical (unpaired) electrons. The summed E-state index contributed by atoms with van der Waals surface area (Å²) in [5, 5.41) is 9.85. The first kappa shape index (κ1) is 34.8. The molecular weight excluding hydrogens is 741 g/mol. The minimum Gasteiger partial charge on any atom is -0.309 e. The largest absolute Gasteiger partial charge is 0.309 e. The standard InChI is InChI=1S/C57H36N4/c1-4-14-37(15-5-1)39-24-26-41(27-25-39)56-58-55(40-18-8-3-9-19-40)59-57(60-56)43-29-32-51-50-31-28-42(38-16-6-2-7-17-38)34-53(50)61(54(51)35-43)44-30-33-49-47-22-11-10-20-45(47)46-21-12-13-23-48(46)52(49)36-44/h1-36H. The van der Waals surface area contributed by atoms with Crippen LogP contribution in [0, 0.1) is 0 Å². The van der Waals surface area contributed by atoms with Crippen molar-refractivity contribution >= 4 is 54.1 Å². The Balaban J connectivity index is 1.09. The summed E-state index contributed by atoms with van der Waals surface area (Å²) in [6.07, 6.45) is 0.